The fourth-order valence-electron chi connectivity index (χ4n) is 1.97. The number of halogens is 1. The highest BCUT2D eigenvalue weighted by Crippen LogP contribution is 2.13. The van der Waals surface area contributed by atoms with Crippen molar-refractivity contribution in [2.75, 3.05) is 13.1 Å². The fraction of sp³-hybridized carbons (Fsp3) is 1.00. The molecule has 96 valence electrons. The maximum Gasteiger partial charge on any atom is 0.279 e. The molecule has 1 rings (SSSR count). The van der Waals surface area contributed by atoms with Crippen molar-refractivity contribution in [1.29, 1.82) is 0 Å². The largest absolute Gasteiger partial charge is 0.279 e. The molecule has 1 saturated heterocycles. The normalized spacial score (nSPS) is 22.9. The van der Waals surface area contributed by atoms with Gasteiger partial charge in [0.15, 0.2) is 0 Å². The van der Waals surface area contributed by atoms with E-state index in [0.717, 1.165) is 19.3 Å². The first kappa shape index (κ1) is 14.2. The number of rotatable bonds is 5. The van der Waals surface area contributed by atoms with Gasteiger partial charge in [0.1, 0.15) is 0 Å². The summed E-state index contributed by atoms with van der Waals surface area (Å²) < 4.78 is 28.1. The lowest BCUT2D eigenvalue weighted by atomic mass is 10.2. The smallest absolute Gasteiger partial charge is 0.199 e. The van der Waals surface area contributed by atoms with E-state index in [4.69, 9.17) is 11.6 Å². The highest BCUT2D eigenvalue weighted by Gasteiger charge is 2.25. The monoisotopic (exact) mass is 268 g/mol. The van der Waals surface area contributed by atoms with Gasteiger partial charge < -0.3 is 0 Å². The number of alkyl halides is 1. The Bertz CT molecular complexity index is 300. The molecule has 0 aromatic heterocycles. The van der Waals surface area contributed by atoms with Crippen LogP contribution in [0.2, 0.25) is 0 Å². The molecule has 0 aromatic rings. The molecule has 2 atom stereocenters. The van der Waals surface area contributed by atoms with Crippen molar-refractivity contribution < 1.29 is 8.42 Å². The lowest BCUT2D eigenvalue weighted by molar-refractivity contribution is 0.338. The van der Waals surface area contributed by atoms with Crippen LogP contribution in [0, 0.1) is 0 Å². The summed E-state index contributed by atoms with van der Waals surface area (Å²) in [6.07, 6.45) is 3.69. The van der Waals surface area contributed by atoms with Crippen molar-refractivity contribution in [2.45, 2.75) is 50.9 Å². The summed E-state index contributed by atoms with van der Waals surface area (Å²) in [4.78, 5) is 0. The molecule has 0 amide bonds. The number of piperidine rings is 1. The molecule has 0 spiro atoms. The van der Waals surface area contributed by atoms with Crippen LogP contribution in [0.1, 0.15) is 39.5 Å². The highest BCUT2D eigenvalue weighted by molar-refractivity contribution is 7.87. The second-order valence-electron chi connectivity index (χ2n) is 4.50. The standard InChI is InChI=1S/C10H21ClN2O2S/c1-9(11)8-10(2)12-16(14,15)13-6-4-3-5-7-13/h9-10,12H,3-8H2,1-2H3. The van der Waals surface area contributed by atoms with Gasteiger partial charge in [0.05, 0.1) is 0 Å². The predicted octanol–water partition coefficient (Wildman–Crippen LogP) is 1.71. The molecule has 0 saturated carbocycles. The minimum Gasteiger partial charge on any atom is -0.199 e. The average molecular weight is 269 g/mol. The molecule has 1 heterocycles. The SMILES string of the molecule is CC(Cl)CC(C)NS(=O)(=O)N1CCCCC1. The molecule has 1 aliphatic rings. The lowest BCUT2D eigenvalue weighted by Crippen LogP contribution is -2.46. The molecule has 0 aromatic carbocycles. The van der Waals surface area contributed by atoms with Crippen molar-refractivity contribution in [3.63, 3.8) is 0 Å². The quantitative estimate of drug-likeness (QED) is 0.772. The summed E-state index contributed by atoms with van der Waals surface area (Å²) >= 11 is 5.84. The summed E-state index contributed by atoms with van der Waals surface area (Å²) in [5.74, 6) is 0. The van der Waals surface area contributed by atoms with Crippen molar-refractivity contribution >= 4 is 21.8 Å². The number of hydrogen-bond acceptors (Lipinski definition) is 2. The Labute approximate surface area is 104 Å². The number of hydrogen-bond donors (Lipinski definition) is 1. The van der Waals surface area contributed by atoms with Gasteiger partial charge >= 0.3 is 0 Å². The Morgan fingerprint density at radius 2 is 1.81 bits per heavy atom. The second kappa shape index (κ2) is 6.19. The maximum atomic E-state index is 11.9. The van der Waals surface area contributed by atoms with Crippen molar-refractivity contribution in [2.24, 2.45) is 0 Å². The second-order valence-corrected chi connectivity index (χ2v) is 6.95. The Kier molecular flexibility index (Phi) is 5.50. The molecule has 0 bridgehead atoms. The van der Waals surface area contributed by atoms with Crippen molar-refractivity contribution in [1.82, 2.24) is 9.03 Å². The molecule has 6 heteroatoms. The van der Waals surface area contributed by atoms with E-state index in [2.05, 4.69) is 4.72 Å². The molecule has 1 N–H and O–H groups in total. The first-order valence-electron chi connectivity index (χ1n) is 5.83. The van der Waals surface area contributed by atoms with Crippen molar-refractivity contribution in [3.05, 3.63) is 0 Å². The number of nitrogens with one attached hydrogen (secondary N) is 1. The molecule has 4 nitrogen and oxygen atoms in total. The Morgan fingerprint density at radius 1 is 1.25 bits per heavy atom. The minimum absolute atomic E-state index is 0.0148. The van der Waals surface area contributed by atoms with Crippen LogP contribution in [0.5, 0.6) is 0 Å². The number of nitrogens with zero attached hydrogens (tertiary/aromatic N) is 1. The van der Waals surface area contributed by atoms with Crippen LogP contribution in [0.25, 0.3) is 0 Å². The summed E-state index contributed by atoms with van der Waals surface area (Å²) in [5.41, 5.74) is 0. The molecular weight excluding hydrogens is 248 g/mol. The van der Waals surface area contributed by atoms with Crippen LogP contribution < -0.4 is 4.72 Å². The zero-order valence-electron chi connectivity index (χ0n) is 9.95. The van der Waals surface area contributed by atoms with Crippen LogP contribution in [0.3, 0.4) is 0 Å². The minimum atomic E-state index is -3.30. The summed E-state index contributed by atoms with van der Waals surface area (Å²) in [6.45, 7) is 4.99. The summed E-state index contributed by atoms with van der Waals surface area (Å²) in [6, 6.07) is -0.112. The summed E-state index contributed by atoms with van der Waals surface area (Å²) in [7, 11) is -3.30. The van der Waals surface area contributed by atoms with Gasteiger partial charge in [-0.05, 0) is 33.1 Å². The van der Waals surface area contributed by atoms with E-state index in [-0.39, 0.29) is 11.4 Å². The van der Waals surface area contributed by atoms with E-state index in [1.807, 2.05) is 13.8 Å². The first-order valence-corrected chi connectivity index (χ1v) is 7.71. The van der Waals surface area contributed by atoms with Gasteiger partial charge in [0.25, 0.3) is 10.2 Å². The van der Waals surface area contributed by atoms with Gasteiger partial charge in [-0.2, -0.15) is 17.4 Å². The zero-order chi connectivity index (χ0) is 12.2. The maximum absolute atomic E-state index is 11.9. The van der Waals surface area contributed by atoms with Crippen LogP contribution >= 0.6 is 11.6 Å². The third kappa shape index (κ3) is 4.57. The third-order valence-corrected chi connectivity index (χ3v) is 4.61. The Morgan fingerprint density at radius 3 is 2.31 bits per heavy atom. The van der Waals surface area contributed by atoms with Gasteiger partial charge in [-0.25, -0.2) is 0 Å². The molecule has 1 aliphatic heterocycles. The van der Waals surface area contributed by atoms with E-state index in [0.29, 0.717) is 19.5 Å². The van der Waals surface area contributed by atoms with E-state index >= 15 is 0 Å². The van der Waals surface area contributed by atoms with Crippen LogP contribution in [0.4, 0.5) is 0 Å². The summed E-state index contributed by atoms with van der Waals surface area (Å²) in [5, 5.41) is -0.0148. The van der Waals surface area contributed by atoms with Crippen LogP contribution in [0.15, 0.2) is 0 Å². The Balaban J connectivity index is 2.49. The zero-order valence-corrected chi connectivity index (χ0v) is 11.5. The molecule has 2 unspecified atom stereocenters. The van der Waals surface area contributed by atoms with Crippen molar-refractivity contribution in [3.8, 4) is 0 Å². The van der Waals surface area contributed by atoms with Gasteiger partial charge in [0, 0.05) is 24.5 Å². The average Bonchev–Trinajstić information content (AvgIpc) is 2.16. The fourth-order valence-corrected chi connectivity index (χ4v) is 3.73. The van der Waals surface area contributed by atoms with Gasteiger partial charge in [-0.3, -0.25) is 0 Å². The molecule has 16 heavy (non-hydrogen) atoms. The van der Waals surface area contributed by atoms with Gasteiger partial charge in [0.2, 0.25) is 0 Å². The molecule has 0 aliphatic carbocycles. The van der Waals surface area contributed by atoms with Gasteiger partial charge in [-0.1, -0.05) is 6.42 Å². The molecular formula is C10H21ClN2O2S. The molecule has 0 radical (unpaired) electrons. The Hall–Kier alpha value is 0.160. The topological polar surface area (TPSA) is 49.4 Å². The van der Waals surface area contributed by atoms with E-state index in [1.54, 1.807) is 0 Å². The highest BCUT2D eigenvalue weighted by atomic mass is 35.5. The van der Waals surface area contributed by atoms with E-state index < -0.39 is 10.2 Å². The van der Waals surface area contributed by atoms with E-state index in [1.165, 1.54) is 4.31 Å². The van der Waals surface area contributed by atoms with Crippen LogP contribution in [-0.4, -0.2) is 37.2 Å². The van der Waals surface area contributed by atoms with Gasteiger partial charge in [-0.15, -0.1) is 11.6 Å². The van der Waals surface area contributed by atoms with E-state index in [9.17, 15) is 8.42 Å². The first-order chi connectivity index (χ1) is 7.42. The lowest BCUT2D eigenvalue weighted by Gasteiger charge is -2.27. The predicted molar refractivity (Wildman–Crippen MR) is 66.9 cm³/mol. The van der Waals surface area contributed by atoms with Crippen LogP contribution in [-0.2, 0) is 10.2 Å². The third-order valence-electron chi connectivity index (χ3n) is 2.68. The molecule has 1 fully saturated rings.